The van der Waals surface area contributed by atoms with Crippen LogP contribution in [0.1, 0.15) is 40.0 Å². The van der Waals surface area contributed by atoms with Gasteiger partial charge in [-0.05, 0) is 45.2 Å². The fraction of sp³-hybridized carbons (Fsp3) is 1.00. The quantitative estimate of drug-likeness (QED) is 0.722. The summed E-state index contributed by atoms with van der Waals surface area (Å²) in [6.45, 7) is 10.8. The van der Waals surface area contributed by atoms with Crippen molar-refractivity contribution in [3.05, 3.63) is 0 Å². The normalized spacial score (nSPS) is 29.2. The number of rotatable bonds is 6. The third-order valence-corrected chi connectivity index (χ3v) is 3.46. The molecule has 3 unspecified atom stereocenters. The zero-order valence-corrected chi connectivity index (χ0v) is 11.1. The van der Waals surface area contributed by atoms with Crippen molar-refractivity contribution in [2.24, 2.45) is 5.92 Å². The molecule has 0 amide bonds. The summed E-state index contributed by atoms with van der Waals surface area (Å²) in [5.41, 5.74) is 0. The van der Waals surface area contributed by atoms with Gasteiger partial charge in [-0.15, -0.1) is 0 Å². The van der Waals surface area contributed by atoms with Crippen LogP contribution < -0.4 is 5.32 Å². The number of likely N-dealkylation sites (tertiary alicyclic amines) is 1. The molecule has 0 aromatic rings. The van der Waals surface area contributed by atoms with E-state index in [1.165, 1.54) is 12.8 Å². The molecule has 3 nitrogen and oxygen atoms in total. The Labute approximate surface area is 100 Å². The van der Waals surface area contributed by atoms with E-state index in [1.54, 1.807) is 0 Å². The van der Waals surface area contributed by atoms with Gasteiger partial charge in [0, 0.05) is 19.1 Å². The molecule has 0 spiro atoms. The summed E-state index contributed by atoms with van der Waals surface area (Å²) < 4.78 is 0. The van der Waals surface area contributed by atoms with Crippen LogP contribution in [-0.2, 0) is 0 Å². The molecule has 0 saturated carbocycles. The minimum absolute atomic E-state index is 0.175. The van der Waals surface area contributed by atoms with Crippen LogP contribution in [0.5, 0.6) is 0 Å². The third kappa shape index (κ3) is 4.40. The van der Waals surface area contributed by atoms with Crippen molar-refractivity contribution in [2.45, 2.75) is 52.2 Å². The summed E-state index contributed by atoms with van der Waals surface area (Å²) in [5.74, 6) is 0.439. The lowest BCUT2D eigenvalue weighted by atomic mass is 9.90. The van der Waals surface area contributed by atoms with Gasteiger partial charge in [0.15, 0.2) is 0 Å². The Kier molecular flexibility index (Phi) is 6.32. The maximum absolute atomic E-state index is 9.75. The maximum Gasteiger partial charge on any atom is 0.0553 e. The average molecular weight is 228 g/mol. The van der Waals surface area contributed by atoms with E-state index in [-0.39, 0.29) is 6.10 Å². The zero-order chi connectivity index (χ0) is 12.0. The summed E-state index contributed by atoms with van der Waals surface area (Å²) >= 11 is 0. The van der Waals surface area contributed by atoms with E-state index in [9.17, 15) is 5.11 Å². The molecule has 3 heteroatoms. The van der Waals surface area contributed by atoms with Gasteiger partial charge in [-0.3, -0.25) is 0 Å². The van der Waals surface area contributed by atoms with Crippen molar-refractivity contribution in [1.82, 2.24) is 10.2 Å². The van der Waals surface area contributed by atoms with Crippen LogP contribution >= 0.6 is 0 Å². The van der Waals surface area contributed by atoms with Gasteiger partial charge in [-0.2, -0.15) is 0 Å². The molecule has 96 valence electrons. The Morgan fingerprint density at radius 1 is 1.31 bits per heavy atom. The topological polar surface area (TPSA) is 35.5 Å². The van der Waals surface area contributed by atoms with Crippen molar-refractivity contribution < 1.29 is 5.11 Å². The van der Waals surface area contributed by atoms with E-state index >= 15 is 0 Å². The van der Waals surface area contributed by atoms with Crippen LogP contribution in [0, 0.1) is 5.92 Å². The molecule has 0 aromatic heterocycles. The molecule has 0 aliphatic carbocycles. The molecule has 1 fully saturated rings. The first kappa shape index (κ1) is 13.9. The number of piperidine rings is 1. The summed E-state index contributed by atoms with van der Waals surface area (Å²) in [6, 6.07) is 0.569. The van der Waals surface area contributed by atoms with Crippen LogP contribution in [0.25, 0.3) is 0 Å². The van der Waals surface area contributed by atoms with Crippen molar-refractivity contribution in [3.63, 3.8) is 0 Å². The van der Waals surface area contributed by atoms with Gasteiger partial charge in [0.25, 0.3) is 0 Å². The molecule has 16 heavy (non-hydrogen) atoms. The molecule has 1 saturated heterocycles. The van der Waals surface area contributed by atoms with Crippen molar-refractivity contribution >= 4 is 0 Å². The summed E-state index contributed by atoms with van der Waals surface area (Å²) in [6.07, 6.45) is 3.33. The van der Waals surface area contributed by atoms with Gasteiger partial charge < -0.3 is 15.3 Å². The molecule has 2 N–H and O–H groups in total. The Morgan fingerprint density at radius 3 is 2.62 bits per heavy atom. The second-order valence-corrected chi connectivity index (χ2v) is 5.15. The van der Waals surface area contributed by atoms with Crippen LogP contribution in [0.2, 0.25) is 0 Å². The number of aliphatic hydroxyl groups is 1. The minimum atomic E-state index is -0.175. The van der Waals surface area contributed by atoms with Gasteiger partial charge in [0.2, 0.25) is 0 Å². The van der Waals surface area contributed by atoms with Gasteiger partial charge >= 0.3 is 0 Å². The Morgan fingerprint density at radius 2 is 2.06 bits per heavy atom. The van der Waals surface area contributed by atoms with E-state index in [0.29, 0.717) is 12.0 Å². The second-order valence-electron chi connectivity index (χ2n) is 5.15. The molecule has 1 aliphatic heterocycles. The number of nitrogens with zero attached hydrogens (tertiary/aromatic N) is 1. The van der Waals surface area contributed by atoms with Crippen LogP contribution in [0.15, 0.2) is 0 Å². The largest absolute Gasteiger partial charge is 0.393 e. The highest BCUT2D eigenvalue weighted by Gasteiger charge is 2.28. The number of hydrogen-bond acceptors (Lipinski definition) is 3. The predicted molar refractivity (Wildman–Crippen MR) is 68.6 cm³/mol. The summed E-state index contributed by atoms with van der Waals surface area (Å²) in [7, 11) is 0. The summed E-state index contributed by atoms with van der Waals surface area (Å²) in [5, 5.41) is 13.3. The third-order valence-electron chi connectivity index (χ3n) is 3.46. The average Bonchev–Trinajstić information content (AvgIpc) is 2.26. The molecule has 0 aromatic carbocycles. The first-order chi connectivity index (χ1) is 7.67. The molecule has 1 rings (SSSR count). The number of aliphatic hydroxyl groups excluding tert-OH is 1. The van der Waals surface area contributed by atoms with E-state index < -0.39 is 0 Å². The van der Waals surface area contributed by atoms with E-state index in [0.717, 1.165) is 32.6 Å². The Hall–Kier alpha value is -0.120. The molecule has 0 bridgehead atoms. The highest BCUT2D eigenvalue weighted by Crippen LogP contribution is 2.20. The lowest BCUT2D eigenvalue weighted by Gasteiger charge is -2.39. The monoisotopic (exact) mass is 228 g/mol. The molecule has 1 aliphatic rings. The van der Waals surface area contributed by atoms with Gasteiger partial charge in [0.1, 0.15) is 0 Å². The molecule has 0 radical (unpaired) electrons. The standard InChI is InChI=1S/C13H28N2O/c1-4-6-14-13-8-12(11(3)16)9-15(10-13)7-5-2/h11-14,16H,4-10H2,1-3H3. The maximum atomic E-state index is 9.75. The lowest BCUT2D eigenvalue weighted by Crippen LogP contribution is -2.51. The predicted octanol–water partition coefficient (Wildman–Crippen LogP) is 1.47. The first-order valence-electron chi connectivity index (χ1n) is 6.81. The summed E-state index contributed by atoms with van der Waals surface area (Å²) in [4.78, 5) is 2.49. The highest BCUT2D eigenvalue weighted by atomic mass is 16.3. The van der Waals surface area contributed by atoms with Crippen LogP contribution in [-0.4, -0.2) is 48.3 Å². The van der Waals surface area contributed by atoms with Gasteiger partial charge in [-0.1, -0.05) is 13.8 Å². The molecular formula is C13H28N2O. The first-order valence-corrected chi connectivity index (χ1v) is 6.81. The Bertz CT molecular complexity index is 185. The Balaban J connectivity index is 2.45. The fourth-order valence-corrected chi connectivity index (χ4v) is 2.58. The minimum Gasteiger partial charge on any atom is -0.393 e. The van der Waals surface area contributed by atoms with E-state index in [2.05, 4.69) is 24.1 Å². The molecule has 1 heterocycles. The van der Waals surface area contributed by atoms with Crippen LogP contribution in [0.3, 0.4) is 0 Å². The second kappa shape index (κ2) is 7.25. The van der Waals surface area contributed by atoms with Gasteiger partial charge in [0.05, 0.1) is 6.10 Å². The zero-order valence-electron chi connectivity index (χ0n) is 11.1. The van der Waals surface area contributed by atoms with Crippen molar-refractivity contribution in [3.8, 4) is 0 Å². The fourth-order valence-electron chi connectivity index (χ4n) is 2.58. The van der Waals surface area contributed by atoms with Crippen LogP contribution in [0.4, 0.5) is 0 Å². The van der Waals surface area contributed by atoms with Crippen molar-refractivity contribution in [2.75, 3.05) is 26.2 Å². The van der Waals surface area contributed by atoms with Gasteiger partial charge in [-0.25, -0.2) is 0 Å². The van der Waals surface area contributed by atoms with Crippen molar-refractivity contribution in [1.29, 1.82) is 0 Å². The molecular weight excluding hydrogens is 200 g/mol. The van der Waals surface area contributed by atoms with E-state index in [1.807, 2.05) is 6.92 Å². The number of nitrogens with one attached hydrogen (secondary N) is 1. The smallest absolute Gasteiger partial charge is 0.0553 e. The lowest BCUT2D eigenvalue weighted by molar-refractivity contribution is 0.0482. The number of hydrogen-bond donors (Lipinski definition) is 2. The SMILES string of the molecule is CCCNC1CC(C(C)O)CN(CCC)C1. The van der Waals surface area contributed by atoms with E-state index in [4.69, 9.17) is 0 Å². The highest BCUT2D eigenvalue weighted by molar-refractivity contribution is 4.85. The molecule has 3 atom stereocenters.